The summed E-state index contributed by atoms with van der Waals surface area (Å²) in [6.07, 6.45) is 2.65. The van der Waals surface area contributed by atoms with E-state index in [1.54, 1.807) is 6.20 Å². The van der Waals surface area contributed by atoms with Crippen LogP contribution in [0.1, 0.15) is 54.0 Å². The molecule has 7 nitrogen and oxygen atoms in total. The Morgan fingerprint density at radius 2 is 1.73 bits per heavy atom. The van der Waals surface area contributed by atoms with E-state index in [4.69, 9.17) is 14.0 Å². The number of fused-ring (bicyclic) bond motifs is 1. The average molecular weight is 359 g/mol. The van der Waals surface area contributed by atoms with Crippen molar-refractivity contribution in [2.75, 3.05) is 0 Å². The maximum Gasteiger partial charge on any atom is 0.496 e. The lowest BCUT2D eigenvalue weighted by Crippen LogP contribution is -2.41. The molecule has 1 aliphatic rings. The maximum atomic E-state index is 12.5. The second-order valence-electron chi connectivity index (χ2n) is 8.69. The van der Waals surface area contributed by atoms with Crippen LogP contribution in [0.2, 0.25) is 0 Å². The van der Waals surface area contributed by atoms with Crippen molar-refractivity contribution in [1.29, 1.82) is 0 Å². The number of nitrogens with zero attached hydrogens (tertiary/aromatic N) is 3. The third-order valence-electron chi connectivity index (χ3n) is 4.96. The molecule has 2 aromatic rings. The fourth-order valence-electron chi connectivity index (χ4n) is 2.80. The van der Waals surface area contributed by atoms with Crippen molar-refractivity contribution in [3.8, 4) is 0 Å². The Kier molecular flexibility index (Phi) is 4.20. The zero-order valence-corrected chi connectivity index (χ0v) is 16.7. The van der Waals surface area contributed by atoms with Gasteiger partial charge in [-0.1, -0.05) is 0 Å². The first-order chi connectivity index (χ1) is 11.8. The van der Waals surface area contributed by atoms with Gasteiger partial charge in [0.1, 0.15) is 17.4 Å². The van der Waals surface area contributed by atoms with Gasteiger partial charge in [-0.05, 0) is 61.0 Å². The van der Waals surface area contributed by atoms with Gasteiger partial charge in [0, 0.05) is 11.7 Å². The highest BCUT2D eigenvalue weighted by molar-refractivity contribution is 6.62. The van der Waals surface area contributed by atoms with Gasteiger partial charge in [0.25, 0.3) is 0 Å². The minimum Gasteiger partial charge on any atom is -0.443 e. The van der Waals surface area contributed by atoms with Gasteiger partial charge in [-0.2, -0.15) is 0 Å². The molecule has 8 heteroatoms. The monoisotopic (exact) mass is 359 g/mol. The van der Waals surface area contributed by atoms with Crippen LogP contribution in [-0.2, 0) is 14.0 Å². The van der Waals surface area contributed by atoms with E-state index in [1.165, 1.54) is 10.9 Å². The van der Waals surface area contributed by atoms with Gasteiger partial charge in [-0.15, -0.1) is 0 Å². The molecule has 0 unspecified atom stereocenters. The van der Waals surface area contributed by atoms with Crippen LogP contribution in [0, 0.1) is 6.92 Å². The molecule has 3 rings (SSSR count). The molecule has 3 heterocycles. The number of aryl methyl sites for hydroxylation is 1. The SMILES string of the molecule is Cc1c(B2OC(C)(C)C(C)(C)O2)cnc2ncn(C(=O)OC(C)(C)C)c12. The van der Waals surface area contributed by atoms with E-state index in [-0.39, 0.29) is 0 Å². The maximum absolute atomic E-state index is 12.5. The lowest BCUT2D eigenvalue weighted by molar-refractivity contribution is 0.00578. The third-order valence-corrected chi connectivity index (χ3v) is 4.96. The zero-order valence-electron chi connectivity index (χ0n) is 16.7. The number of carbonyl (C=O) groups excluding carboxylic acids is 1. The van der Waals surface area contributed by atoms with Gasteiger partial charge in [0.05, 0.1) is 11.2 Å². The highest BCUT2D eigenvalue weighted by atomic mass is 16.7. The van der Waals surface area contributed by atoms with Crippen LogP contribution in [0.3, 0.4) is 0 Å². The molecule has 0 aromatic carbocycles. The third kappa shape index (κ3) is 3.12. The molecule has 0 radical (unpaired) electrons. The number of hydrogen-bond acceptors (Lipinski definition) is 6. The Morgan fingerprint density at radius 1 is 1.15 bits per heavy atom. The van der Waals surface area contributed by atoms with Crippen molar-refractivity contribution in [1.82, 2.24) is 14.5 Å². The summed E-state index contributed by atoms with van der Waals surface area (Å²) >= 11 is 0. The van der Waals surface area contributed by atoms with Crippen molar-refractivity contribution in [2.45, 2.75) is 72.2 Å². The van der Waals surface area contributed by atoms with Crippen LogP contribution in [0.15, 0.2) is 12.5 Å². The summed E-state index contributed by atoms with van der Waals surface area (Å²) in [6, 6.07) is 0. The highest BCUT2D eigenvalue weighted by Gasteiger charge is 2.52. The molecule has 2 aromatic heterocycles. The number of hydrogen-bond donors (Lipinski definition) is 0. The van der Waals surface area contributed by atoms with Crippen LogP contribution in [0.25, 0.3) is 11.2 Å². The Labute approximate surface area is 154 Å². The number of rotatable bonds is 1. The fraction of sp³-hybridized carbons (Fsp3) is 0.611. The van der Waals surface area contributed by atoms with Gasteiger partial charge >= 0.3 is 13.2 Å². The molecule has 26 heavy (non-hydrogen) atoms. The smallest absolute Gasteiger partial charge is 0.443 e. The van der Waals surface area contributed by atoms with Crippen molar-refractivity contribution in [2.24, 2.45) is 0 Å². The number of imidazole rings is 1. The second kappa shape index (κ2) is 5.79. The molecular formula is C18H26BN3O4. The summed E-state index contributed by atoms with van der Waals surface area (Å²) in [7, 11) is -0.557. The highest BCUT2D eigenvalue weighted by Crippen LogP contribution is 2.36. The minimum absolute atomic E-state index is 0.454. The quantitative estimate of drug-likeness (QED) is 0.729. The number of pyridine rings is 1. The average Bonchev–Trinajstić information content (AvgIpc) is 2.97. The summed E-state index contributed by atoms with van der Waals surface area (Å²) in [5.41, 5.74) is 1.19. The number of ether oxygens (including phenoxy) is 1. The van der Waals surface area contributed by atoms with Crippen molar-refractivity contribution < 1.29 is 18.8 Å². The van der Waals surface area contributed by atoms with E-state index in [9.17, 15) is 4.79 Å². The van der Waals surface area contributed by atoms with E-state index >= 15 is 0 Å². The predicted octanol–water partition coefficient (Wildman–Crippen LogP) is 2.82. The second-order valence-corrected chi connectivity index (χ2v) is 8.69. The summed E-state index contributed by atoms with van der Waals surface area (Å²) < 4.78 is 19.1. The van der Waals surface area contributed by atoms with E-state index in [1.807, 2.05) is 55.4 Å². The fourth-order valence-corrected chi connectivity index (χ4v) is 2.80. The number of aromatic nitrogens is 3. The summed E-state index contributed by atoms with van der Waals surface area (Å²) in [5.74, 6) is 0. The van der Waals surface area contributed by atoms with Gasteiger partial charge < -0.3 is 14.0 Å². The van der Waals surface area contributed by atoms with Crippen LogP contribution < -0.4 is 5.46 Å². The molecule has 0 saturated carbocycles. The van der Waals surface area contributed by atoms with E-state index in [0.29, 0.717) is 11.2 Å². The molecule has 0 aliphatic carbocycles. The lowest BCUT2D eigenvalue weighted by Gasteiger charge is -2.32. The molecule has 0 spiro atoms. The topological polar surface area (TPSA) is 75.5 Å². The molecule has 0 amide bonds. The van der Waals surface area contributed by atoms with Crippen LogP contribution >= 0.6 is 0 Å². The van der Waals surface area contributed by atoms with Gasteiger partial charge in [0.2, 0.25) is 0 Å². The van der Waals surface area contributed by atoms with E-state index in [2.05, 4.69) is 9.97 Å². The van der Waals surface area contributed by atoms with Gasteiger partial charge in [-0.3, -0.25) is 0 Å². The van der Waals surface area contributed by atoms with Gasteiger partial charge in [0.15, 0.2) is 5.65 Å². The minimum atomic E-state index is -0.599. The van der Waals surface area contributed by atoms with Crippen LogP contribution in [-0.4, -0.2) is 44.5 Å². The Balaban J connectivity index is 2.04. The molecule has 1 aliphatic heterocycles. The molecule has 1 fully saturated rings. The zero-order chi connectivity index (χ0) is 19.5. The van der Waals surface area contributed by atoms with Crippen molar-refractivity contribution >= 4 is 29.8 Å². The standard InChI is InChI=1S/C18H26BN3O4/c1-11-12(19-25-17(5,6)18(7,8)26-19)9-20-14-13(11)22(10-21-14)15(23)24-16(2,3)4/h9-10H,1-8H3. The Hall–Kier alpha value is -1.93. The van der Waals surface area contributed by atoms with Crippen LogP contribution in [0.4, 0.5) is 4.79 Å². The normalized spacial score (nSPS) is 19.2. The predicted molar refractivity (Wildman–Crippen MR) is 99.6 cm³/mol. The van der Waals surface area contributed by atoms with Gasteiger partial charge in [-0.25, -0.2) is 19.3 Å². The first-order valence-electron chi connectivity index (χ1n) is 8.74. The number of carbonyl (C=O) groups is 1. The van der Waals surface area contributed by atoms with Crippen molar-refractivity contribution in [3.63, 3.8) is 0 Å². The molecule has 0 N–H and O–H groups in total. The molecular weight excluding hydrogens is 333 g/mol. The lowest BCUT2D eigenvalue weighted by atomic mass is 9.77. The Bertz CT molecular complexity index is 851. The largest absolute Gasteiger partial charge is 0.496 e. The first-order valence-corrected chi connectivity index (χ1v) is 8.74. The van der Waals surface area contributed by atoms with E-state index < -0.39 is 30.0 Å². The van der Waals surface area contributed by atoms with E-state index in [0.717, 1.165) is 11.0 Å². The van der Waals surface area contributed by atoms with Crippen LogP contribution in [0.5, 0.6) is 0 Å². The first kappa shape index (κ1) is 18.9. The molecule has 0 atom stereocenters. The molecule has 1 saturated heterocycles. The Morgan fingerprint density at radius 3 is 2.27 bits per heavy atom. The molecule has 0 bridgehead atoms. The molecule has 140 valence electrons. The van der Waals surface area contributed by atoms with Crippen molar-refractivity contribution in [3.05, 3.63) is 18.1 Å². The summed E-state index contributed by atoms with van der Waals surface area (Å²) in [6.45, 7) is 15.4. The summed E-state index contributed by atoms with van der Waals surface area (Å²) in [4.78, 5) is 21.1. The summed E-state index contributed by atoms with van der Waals surface area (Å²) in [5, 5.41) is 0.